The van der Waals surface area contributed by atoms with Gasteiger partial charge in [0.15, 0.2) is 0 Å². The van der Waals surface area contributed by atoms with Crippen LogP contribution in [0.3, 0.4) is 0 Å². The van der Waals surface area contributed by atoms with Gasteiger partial charge in [-0.25, -0.2) is 0 Å². The molecule has 0 aliphatic carbocycles. The zero-order valence-electron chi connectivity index (χ0n) is 12.1. The molecule has 1 N–H and O–H groups in total. The third-order valence-corrected chi connectivity index (χ3v) is 3.85. The summed E-state index contributed by atoms with van der Waals surface area (Å²) in [4.78, 5) is 2.13. The van der Waals surface area contributed by atoms with Gasteiger partial charge >= 0.3 is 6.18 Å². The number of hydrogen-bond donors (Lipinski definition) is 1. The molecule has 0 aromatic heterocycles. The van der Waals surface area contributed by atoms with E-state index in [0.717, 1.165) is 18.7 Å². The van der Waals surface area contributed by atoms with Gasteiger partial charge in [0.25, 0.3) is 0 Å². The lowest BCUT2D eigenvalue weighted by Gasteiger charge is -2.31. The van der Waals surface area contributed by atoms with Crippen molar-refractivity contribution in [1.29, 1.82) is 0 Å². The first-order chi connectivity index (χ1) is 9.36. The molecule has 1 aliphatic heterocycles. The maximum absolute atomic E-state index is 13.1. The highest BCUT2D eigenvalue weighted by molar-refractivity contribution is 5.63. The summed E-state index contributed by atoms with van der Waals surface area (Å²) in [7, 11) is 1.86. The van der Waals surface area contributed by atoms with E-state index < -0.39 is 11.7 Å². The number of rotatable bonds is 4. The van der Waals surface area contributed by atoms with E-state index in [1.165, 1.54) is 12.1 Å². The van der Waals surface area contributed by atoms with Crippen molar-refractivity contribution in [3.05, 3.63) is 29.3 Å². The molecule has 1 heterocycles. The van der Waals surface area contributed by atoms with E-state index in [9.17, 15) is 13.2 Å². The summed E-state index contributed by atoms with van der Waals surface area (Å²) in [6.45, 7) is 4.87. The molecule has 20 heavy (non-hydrogen) atoms. The highest BCUT2D eigenvalue weighted by Gasteiger charge is 2.39. The third-order valence-electron chi connectivity index (χ3n) is 3.85. The summed E-state index contributed by atoms with van der Waals surface area (Å²) in [5.41, 5.74) is 0.721. The second-order valence-electron chi connectivity index (χ2n) is 5.55. The van der Waals surface area contributed by atoms with E-state index in [0.29, 0.717) is 12.0 Å². The molecule has 0 bridgehead atoms. The third kappa shape index (κ3) is 2.77. The van der Waals surface area contributed by atoms with Gasteiger partial charge in [0.1, 0.15) is 0 Å². The largest absolute Gasteiger partial charge is 0.416 e. The molecule has 1 atom stereocenters. The van der Waals surface area contributed by atoms with Crippen molar-refractivity contribution in [2.45, 2.75) is 44.9 Å². The van der Waals surface area contributed by atoms with Crippen molar-refractivity contribution in [2.24, 2.45) is 0 Å². The monoisotopic (exact) mass is 286 g/mol. The Morgan fingerprint density at radius 2 is 2.05 bits per heavy atom. The van der Waals surface area contributed by atoms with Crippen LogP contribution in [0.15, 0.2) is 18.2 Å². The number of benzene rings is 1. The predicted molar refractivity (Wildman–Crippen MR) is 75.1 cm³/mol. The van der Waals surface area contributed by atoms with Gasteiger partial charge < -0.3 is 10.2 Å². The first kappa shape index (κ1) is 15.2. The number of nitrogens with zero attached hydrogens (tertiary/aromatic N) is 1. The maximum atomic E-state index is 13.1. The lowest BCUT2D eigenvalue weighted by molar-refractivity contribution is -0.138. The molecule has 5 heteroatoms. The van der Waals surface area contributed by atoms with Crippen LogP contribution in [0.2, 0.25) is 0 Å². The minimum Gasteiger partial charge on any atom is -0.365 e. The summed E-state index contributed by atoms with van der Waals surface area (Å²) in [6.07, 6.45) is -2.95. The molecule has 1 aromatic rings. The van der Waals surface area contributed by atoms with Crippen molar-refractivity contribution in [1.82, 2.24) is 5.32 Å². The molecular weight excluding hydrogens is 265 g/mol. The van der Waals surface area contributed by atoms with Crippen LogP contribution in [0.5, 0.6) is 0 Å². The van der Waals surface area contributed by atoms with Gasteiger partial charge in [-0.3, -0.25) is 0 Å². The van der Waals surface area contributed by atoms with E-state index in [2.05, 4.69) is 10.2 Å². The molecule has 1 aromatic carbocycles. The molecule has 0 saturated heterocycles. The van der Waals surface area contributed by atoms with Gasteiger partial charge in [-0.2, -0.15) is 13.2 Å². The zero-order chi connectivity index (χ0) is 14.9. The normalized spacial score (nSPS) is 18.8. The Hall–Kier alpha value is -1.23. The molecule has 0 radical (unpaired) electrons. The topological polar surface area (TPSA) is 15.3 Å². The van der Waals surface area contributed by atoms with Gasteiger partial charge in [-0.15, -0.1) is 0 Å². The summed E-state index contributed by atoms with van der Waals surface area (Å²) >= 11 is 0. The smallest absolute Gasteiger partial charge is 0.365 e. The molecule has 0 fully saturated rings. The molecule has 0 spiro atoms. The van der Waals surface area contributed by atoms with Gasteiger partial charge in [-0.05, 0) is 58.0 Å². The average molecular weight is 286 g/mol. The van der Waals surface area contributed by atoms with Crippen LogP contribution in [-0.2, 0) is 12.6 Å². The van der Waals surface area contributed by atoms with Crippen LogP contribution in [0, 0.1) is 0 Å². The molecule has 2 rings (SSSR count). The Morgan fingerprint density at radius 3 is 2.60 bits per heavy atom. The standard InChI is InChI=1S/C15H21F3N2/c1-10(2)20-11(7-8-19-3)9-12-13(15(16,17)18)5-4-6-14(12)20/h4-6,10-11,19H,7-9H2,1-3H3. The van der Waals surface area contributed by atoms with Crippen molar-refractivity contribution >= 4 is 5.69 Å². The second-order valence-corrected chi connectivity index (χ2v) is 5.55. The van der Waals surface area contributed by atoms with Crippen molar-refractivity contribution in [3.8, 4) is 0 Å². The maximum Gasteiger partial charge on any atom is 0.416 e. The van der Waals surface area contributed by atoms with E-state index in [1.54, 1.807) is 0 Å². The van der Waals surface area contributed by atoms with Crippen LogP contribution >= 0.6 is 0 Å². The van der Waals surface area contributed by atoms with Crippen LogP contribution < -0.4 is 10.2 Å². The number of anilines is 1. The Labute approximate surface area is 118 Å². The highest BCUT2D eigenvalue weighted by atomic mass is 19.4. The number of nitrogens with one attached hydrogen (secondary N) is 1. The van der Waals surface area contributed by atoms with Crippen molar-refractivity contribution in [2.75, 3.05) is 18.5 Å². The second kappa shape index (κ2) is 5.64. The Balaban J connectivity index is 2.40. The van der Waals surface area contributed by atoms with E-state index >= 15 is 0 Å². The van der Waals surface area contributed by atoms with Crippen LogP contribution in [0.4, 0.5) is 18.9 Å². The molecule has 112 valence electrons. The van der Waals surface area contributed by atoms with Gasteiger partial charge in [0.05, 0.1) is 5.56 Å². The summed E-state index contributed by atoms with van der Waals surface area (Å²) in [5.74, 6) is 0. The number of hydrogen-bond acceptors (Lipinski definition) is 2. The zero-order valence-corrected chi connectivity index (χ0v) is 12.1. The van der Waals surface area contributed by atoms with E-state index in [1.807, 2.05) is 27.0 Å². The predicted octanol–water partition coefficient (Wildman–Crippen LogP) is 3.45. The minimum atomic E-state index is -4.27. The quantitative estimate of drug-likeness (QED) is 0.912. The van der Waals surface area contributed by atoms with E-state index in [-0.39, 0.29) is 12.1 Å². The van der Waals surface area contributed by atoms with Crippen LogP contribution in [0.25, 0.3) is 0 Å². The van der Waals surface area contributed by atoms with Crippen LogP contribution in [0.1, 0.15) is 31.4 Å². The van der Waals surface area contributed by atoms with E-state index in [4.69, 9.17) is 0 Å². The lowest BCUT2D eigenvalue weighted by atomic mass is 10.0. The summed E-state index contributed by atoms with van der Waals surface area (Å²) in [5, 5.41) is 3.08. The molecule has 1 unspecified atom stereocenters. The highest BCUT2D eigenvalue weighted by Crippen LogP contribution is 2.42. The molecule has 0 amide bonds. The molecular formula is C15H21F3N2. The average Bonchev–Trinajstić information content (AvgIpc) is 2.72. The SMILES string of the molecule is CNCCC1Cc2c(cccc2C(F)(F)F)N1C(C)C. The Kier molecular flexibility index (Phi) is 4.28. The van der Waals surface area contributed by atoms with Gasteiger partial charge in [0, 0.05) is 17.8 Å². The minimum absolute atomic E-state index is 0.140. The summed E-state index contributed by atoms with van der Waals surface area (Å²) < 4.78 is 39.4. The Bertz CT molecular complexity index is 469. The van der Waals surface area contributed by atoms with Gasteiger partial charge in [-0.1, -0.05) is 6.07 Å². The number of fused-ring (bicyclic) bond motifs is 1. The fourth-order valence-electron chi connectivity index (χ4n) is 3.08. The first-order valence-electron chi connectivity index (χ1n) is 6.98. The molecule has 2 nitrogen and oxygen atoms in total. The summed E-state index contributed by atoms with van der Waals surface area (Å²) in [6, 6.07) is 4.85. The van der Waals surface area contributed by atoms with Crippen molar-refractivity contribution < 1.29 is 13.2 Å². The van der Waals surface area contributed by atoms with Crippen molar-refractivity contribution in [3.63, 3.8) is 0 Å². The molecule has 0 saturated carbocycles. The number of alkyl halides is 3. The fourth-order valence-corrected chi connectivity index (χ4v) is 3.08. The fraction of sp³-hybridized carbons (Fsp3) is 0.600. The first-order valence-corrected chi connectivity index (χ1v) is 6.98. The Morgan fingerprint density at radius 1 is 1.35 bits per heavy atom. The van der Waals surface area contributed by atoms with Crippen LogP contribution in [-0.4, -0.2) is 25.7 Å². The van der Waals surface area contributed by atoms with Gasteiger partial charge in [0.2, 0.25) is 0 Å². The lowest BCUT2D eigenvalue weighted by Crippen LogP contribution is -2.39. The number of halogens is 3. The molecule has 1 aliphatic rings.